The predicted octanol–water partition coefficient (Wildman–Crippen LogP) is 0.964. The number of rotatable bonds is 5. The monoisotopic (exact) mass is 389 g/mol. The maximum atomic E-state index is 12.3. The Bertz CT molecular complexity index is 714. The minimum Gasteiger partial charge on any atom is -0.454 e. The molecular weight excluding hydrogens is 362 g/mol. The van der Waals surface area contributed by atoms with Crippen LogP contribution in [-0.4, -0.2) is 62.4 Å². The van der Waals surface area contributed by atoms with Crippen LogP contribution in [0, 0.1) is 0 Å². The van der Waals surface area contributed by atoms with Crippen molar-refractivity contribution in [1.29, 1.82) is 0 Å². The van der Waals surface area contributed by atoms with Crippen LogP contribution in [0.4, 0.5) is 0 Å². The summed E-state index contributed by atoms with van der Waals surface area (Å²) in [6.45, 7) is 3.40. The molecule has 1 aromatic carbocycles. The molecule has 2 N–H and O–H groups in total. The highest BCUT2D eigenvalue weighted by molar-refractivity contribution is 6.35. The van der Waals surface area contributed by atoms with Gasteiger partial charge in [-0.1, -0.05) is 18.9 Å². The van der Waals surface area contributed by atoms with Gasteiger partial charge in [-0.25, -0.2) is 0 Å². The van der Waals surface area contributed by atoms with Crippen molar-refractivity contribution in [2.45, 2.75) is 37.8 Å². The Kier molecular flexibility index (Phi) is 5.97. The minimum absolute atomic E-state index is 0.0679. The van der Waals surface area contributed by atoms with Crippen LogP contribution in [0.1, 0.15) is 37.3 Å². The third kappa shape index (κ3) is 4.39. The first-order valence-corrected chi connectivity index (χ1v) is 10.0. The van der Waals surface area contributed by atoms with E-state index in [1.807, 2.05) is 18.2 Å². The molecule has 2 amide bonds. The fourth-order valence-electron chi connectivity index (χ4n) is 4.06. The number of amides is 2. The first-order valence-electron chi connectivity index (χ1n) is 10.0. The van der Waals surface area contributed by atoms with Crippen molar-refractivity contribution in [3.63, 3.8) is 0 Å². The molecule has 1 saturated carbocycles. The van der Waals surface area contributed by atoms with Crippen molar-refractivity contribution in [1.82, 2.24) is 15.5 Å². The second-order valence-electron chi connectivity index (χ2n) is 7.44. The molecule has 8 nitrogen and oxygen atoms in total. The molecule has 8 heteroatoms. The Hall–Kier alpha value is -2.32. The number of hydrogen-bond acceptors (Lipinski definition) is 6. The molecule has 152 valence electrons. The summed E-state index contributed by atoms with van der Waals surface area (Å²) in [4.78, 5) is 26.8. The quantitative estimate of drug-likeness (QED) is 0.730. The average molecular weight is 389 g/mol. The molecule has 3 aliphatic rings. The summed E-state index contributed by atoms with van der Waals surface area (Å²) >= 11 is 0. The Morgan fingerprint density at radius 3 is 2.61 bits per heavy atom. The lowest BCUT2D eigenvalue weighted by Crippen LogP contribution is -2.48. The second kappa shape index (κ2) is 8.79. The molecule has 0 bridgehead atoms. The molecule has 4 rings (SSSR count). The number of ether oxygens (including phenoxy) is 3. The number of carbonyl (C=O) groups excluding carboxylic acids is 2. The molecule has 0 spiro atoms. The number of hydrogen-bond donors (Lipinski definition) is 2. The van der Waals surface area contributed by atoms with Crippen LogP contribution in [0.3, 0.4) is 0 Å². The summed E-state index contributed by atoms with van der Waals surface area (Å²) in [7, 11) is 0. The SMILES string of the molecule is O=C(NC[C@@H](c1ccc2c(c1)OCO2)N1CCOCC1)C(=O)NC1CCCC1. The molecule has 2 heterocycles. The van der Waals surface area contributed by atoms with E-state index in [0.29, 0.717) is 25.5 Å². The standard InChI is InChI=1S/C20H27N3O5/c24-19(20(25)22-15-3-1-2-4-15)21-12-16(23-7-9-26-10-8-23)14-5-6-17-18(11-14)28-13-27-17/h5-6,11,15-16H,1-4,7-10,12-13H2,(H,21,24)(H,22,25)/t16-/m0/s1. The van der Waals surface area contributed by atoms with Gasteiger partial charge in [-0.05, 0) is 30.5 Å². The summed E-state index contributed by atoms with van der Waals surface area (Å²) in [6, 6.07) is 5.88. The highest BCUT2D eigenvalue weighted by Crippen LogP contribution is 2.35. The molecule has 0 radical (unpaired) electrons. The van der Waals surface area contributed by atoms with E-state index in [1.165, 1.54) is 0 Å². The van der Waals surface area contributed by atoms with Gasteiger partial charge in [0.1, 0.15) is 0 Å². The summed E-state index contributed by atoms with van der Waals surface area (Å²) in [5.74, 6) is 0.315. The molecule has 1 aliphatic carbocycles. The van der Waals surface area contributed by atoms with Crippen molar-refractivity contribution in [3.05, 3.63) is 23.8 Å². The number of nitrogens with zero attached hydrogens (tertiary/aromatic N) is 1. The summed E-state index contributed by atoms with van der Waals surface area (Å²) in [5.41, 5.74) is 1.02. The summed E-state index contributed by atoms with van der Waals surface area (Å²) in [6.07, 6.45) is 4.12. The van der Waals surface area contributed by atoms with Gasteiger partial charge in [0.2, 0.25) is 6.79 Å². The van der Waals surface area contributed by atoms with E-state index in [-0.39, 0.29) is 18.9 Å². The largest absolute Gasteiger partial charge is 0.454 e. The van der Waals surface area contributed by atoms with Crippen molar-refractivity contribution in [2.24, 2.45) is 0 Å². The van der Waals surface area contributed by atoms with Crippen LogP contribution < -0.4 is 20.1 Å². The van der Waals surface area contributed by atoms with E-state index in [2.05, 4.69) is 15.5 Å². The van der Waals surface area contributed by atoms with E-state index >= 15 is 0 Å². The third-order valence-electron chi connectivity index (χ3n) is 5.62. The Morgan fingerprint density at radius 1 is 1.07 bits per heavy atom. The minimum atomic E-state index is -0.578. The zero-order valence-corrected chi connectivity index (χ0v) is 15.9. The van der Waals surface area contributed by atoms with E-state index in [1.54, 1.807) is 0 Å². The smallest absolute Gasteiger partial charge is 0.309 e. The molecular formula is C20H27N3O5. The Balaban J connectivity index is 1.41. The second-order valence-corrected chi connectivity index (χ2v) is 7.44. The molecule has 28 heavy (non-hydrogen) atoms. The average Bonchev–Trinajstić information content (AvgIpc) is 3.40. The van der Waals surface area contributed by atoms with Gasteiger partial charge in [0.15, 0.2) is 11.5 Å². The Labute approximate surface area is 164 Å². The first-order chi connectivity index (χ1) is 13.7. The normalized spacial score (nSPS) is 20.7. The predicted molar refractivity (Wildman–Crippen MR) is 101 cm³/mol. The van der Waals surface area contributed by atoms with Gasteiger partial charge in [-0.3, -0.25) is 14.5 Å². The maximum absolute atomic E-state index is 12.3. The lowest BCUT2D eigenvalue weighted by atomic mass is 10.0. The molecule has 1 atom stereocenters. The van der Waals surface area contributed by atoms with Gasteiger partial charge in [-0.15, -0.1) is 0 Å². The molecule has 2 aliphatic heterocycles. The van der Waals surface area contributed by atoms with Crippen molar-refractivity contribution in [2.75, 3.05) is 39.6 Å². The van der Waals surface area contributed by atoms with Crippen molar-refractivity contribution < 1.29 is 23.8 Å². The van der Waals surface area contributed by atoms with E-state index in [4.69, 9.17) is 14.2 Å². The number of fused-ring (bicyclic) bond motifs is 1. The highest BCUT2D eigenvalue weighted by atomic mass is 16.7. The molecule has 2 fully saturated rings. The Morgan fingerprint density at radius 2 is 1.82 bits per heavy atom. The van der Waals surface area contributed by atoms with E-state index < -0.39 is 11.8 Å². The molecule has 0 unspecified atom stereocenters. The van der Waals surface area contributed by atoms with Gasteiger partial charge >= 0.3 is 11.8 Å². The van der Waals surface area contributed by atoms with Crippen molar-refractivity contribution >= 4 is 11.8 Å². The van der Waals surface area contributed by atoms with Gasteiger partial charge in [0.05, 0.1) is 19.3 Å². The van der Waals surface area contributed by atoms with Crippen molar-refractivity contribution in [3.8, 4) is 11.5 Å². The zero-order valence-electron chi connectivity index (χ0n) is 15.9. The highest BCUT2D eigenvalue weighted by Gasteiger charge is 2.27. The fourth-order valence-corrected chi connectivity index (χ4v) is 4.06. The molecule has 0 aromatic heterocycles. The maximum Gasteiger partial charge on any atom is 0.309 e. The van der Waals surface area contributed by atoms with Gasteiger partial charge in [-0.2, -0.15) is 0 Å². The van der Waals surface area contributed by atoms with Gasteiger partial charge < -0.3 is 24.8 Å². The molecule has 1 aromatic rings. The number of benzene rings is 1. The van der Waals surface area contributed by atoms with E-state index in [9.17, 15) is 9.59 Å². The van der Waals surface area contributed by atoms with Crippen LogP contribution >= 0.6 is 0 Å². The number of carbonyl (C=O) groups is 2. The van der Waals surface area contributed by atoms with Crippen LogP contribution in [0.25, 0.3) is 0 Å². The number of morpholine rings is 1. The number of nitrogens with one attached hydrogen (secondary N) is 2. The van der Waals surface area contributed by atoms with Crippen LogP contribution in [-0.2, 0) is 14.3 Å². The summed E-state index contributed by atoms with van der Waals surface area (Å²) in [5, 5.41) is 5.65. The van der Waals surface area contributed by atoms with Gasteiger partial charge in [0.25, 0.3) is 0 Å². The lowest BCUT2D eigenvalue weighted by Gasteiger charge is -2.35. The van der Waals surface area contributed by atoms with Crippen LogP contribution in [0.2, 0.25) is 0 Å². The topological polar surface area (TPSA) is 89.1 Å². The fraction of sp³-hybridized carbons (Fsp3) is 0.600. The molecule has 1 saturated heterocycles. The van der Waals surface area contributed by atoms with Crippen LogP contribution in [0.5, 0.6) is 11.5 Å². The van der Waals surface area contributed by atoms with E-state index in [0.717, 1.165) is 50.1 Å². The third-order valence-corrected chi connectivity index (χ3v) is 5.62. The van der Waals surface area contributed by atoms with Gasteiger partial charge in [0, 0.05) is 25.7 Å². The first kappa shape index (κ1) is 19.0. The lowest BCUT2D eigenvalue weighted by molar-refractivity contribution is -0.139. The van der Waals surface area contributed by atoms with Crippen LogP contribution in [0.15, 0.2) is 18.2 Å². The summed E-state index contributed by atoms with van der Waals surface area (Å²) < 4.78 is 16.4. The zero-order chi connectivity index (χ0) is 19.3.